The van der Waals surface area contributed by atoms with Crippen molar-refractivity contribution in [2.24, 2.45) is 0 Å². The van der Waals surface area contributed by atoms with E-state index in [2.05, 4.69) is 17.6 Å². The van der Waals surface area contributed by atoms with Gasteiger partial charge in [0.05, 0.1) is 0 Å². The molecule has 1 fully saturated rings. The molecule has 4 heteroatoms. The molecule has 1 aliphatic rings. The van der Waals surface area contributed by atoms with E-state index in [-0.39, 0.29) is 11.2 Å². The Morgan fingerprint density at radius 1 is 1.53 bits per heavy atom. The van der Waals surface area contributed by atoms with Crippen LogP contribution in [0.15, 0.2) is 12.3 Å². The lowest BCUT2D eigenvalue weighted by atomic mass is 10.2. The minimum absolute atomic E-state index is 0.156. The van der Waals surface area contributed by atoms with Gasteiger partial charge in [0.25, 0.3) is 0 Å². The Balaban J connectivity index is 2.38. The second kappa shape index (κ2) is 3.85. The van der Waals surface area contributed by atoms with E-state index in [0.29, 0.717) is 13.0 Å². The molecular weight excluding hydrogens is 208 g/mol. The number of aromatic nitrogens is 1. The van der Waals surface area contributed by atoms with E-state index >= 15 is 0 Å². The normalized spacial score (nSPS) is 21.1. The van der Waals surface area contributed by atoms with Gasteiger partial charge < -0.3 is 4.90 Å². The number of nitrogens with zero attached hydrogens (tertiary/aromatic N) is 2. The Kier molecular flexibility index (Phi) is 2.69. The Morgan fingerprint density at radius 2 is 2.27 bits per heavy atom. The molecule has 3 nitrogen and oxygen atoms in total. The fraction of sp³-hybridized carbons (Fsp3) is 0.455. The summed E-state index contributed by atoms with van der Waals surface area (Å²) in [6.07, 6.45) is 2.28. The fourth-order valence-electron chi connectivity index (χ4n) is 1.84. The van der Waals surface area contributed by atoms with Gasteiger partial charge in [-0.15, -0.1) is 0 Å². The Bertz CT molecular complexity index is 406. The van der Waals surface area contributed by atoms with E-state index in [1.54, 1.807) is 6.20 Å². The zero-order valence-corrected chi connectivity index (χ0v) is 9.79. The summed E-state index contributed by atoms with van der Waals surface area (Å²) in [5.74, 6) is 0.156. The van der Waals surface area contributed by atoms with Crippen molar-refractivity contribution >= 4 is 24.2 Å². The molecule has 0 saturated carbocycles. The number of hydrogen-bond donors (Lipinski definition) is 1. The van der Waals surface area contributed by atoms with Crippen molar-refractivity contribution in [1.29, 1.82) is 0 Å². The topological polar surface area (TPSA) is 33.2 Å². The van der Waals surface area contributed by atoms with Crippen LogP contribution in [0.3, 0.4) is 0 Å². The monoisotopic (exact) mass is 222 g/mol. The second-order valence-corrected chi connectivity index (χ2v) is 4.63. The molecule has 1 saturated heterocycles. The predicted molar refractivity (Wildman–Crippen MR) is 63.5 cm³/mol. The number of pyridine rings is 1. The van der Waals surface area contributed by atoms with E-state index in [1.165, 1.54) is 0 Å². The Morgan fingerprint density at radius 3 is 2.87 bits per heavy atom. The second-order valence-electron chi connectivity index (χ2n) is 3.90. The summed E-state index contributed by atoms with van der Waals surface area (Å²) in [7, 11) is 0. The van der Waals surface area contributed by atoms with Crippen LogP contribution in [-0.4, -0.2) is 22.7 Å². The molecule has 2 heterocycles. The quantitative estimate of drug-likeness (QED) is 0.734. The third kappa shape index (κ3) is 1.86. The van der Waals surface area contributed by atoms with Gasteiger partial charge in [0.1, 0.15) is 0 Å². The molecule has 1 aliphatic heterocycles. The average molecular weight is 222 g/mol. The Hall–Kier alpha value is -1.03. The lowest BCUT2D eigenvalue weighted by Crippen LogP contribution is -2.25. The summed E-state index contributed by atoms with van der Waals surface area (Å²) in [5.41, 5.74) is 3.03. The van der Waals surface area contributed by atoms with Gasteiger partial charge >= 0.3 is 0 Å². The number of aryl methyl sites for hydroxylation is 1. The van der Waals surface area contributed by atoms with Crippen LogP contribution in [0.2, 0.25) is 0 Å². The molecule has 1 aromatic heterocycles. The highest BCUT2D eigenvalue weighted by molar-refractivity contribution is 7.81. The highest BCUT2D eigenvalue weighted by Gasteiger charge is 2.29. The molecule has 2 rings (SSSR count). The molecule has 0 spiro atoms. The molecule has 1 unspecified atom stereocenters. The lowest BCUT2D eigenvalue weighted by Gasteiger charge is -2.19. The van der Waals surface area contributed by atoms with Gasteiger partial charge in [0.2, 0.25) is 5.91 Å². The minimum atomic E-state index is 0.156. The van der Waals surface area contributed by atoms with Crippen molar-refractivity contribution in [1.82, 2.24) is 4.98 Å². The predicted octanol–water partition coefficient (Wildman–Crippen LogP) is 1.73. The molecule has 0 radical (unpaired) electrons. The van der Waals surface area contributed by atoms with Crippen LogP contribution in [0.1, 0.15) is 17.7 Å². The van der Waals surface area contributed by atoms with Crippen molar-refractivity contribution in [3.05, 3.63) is 23.5 Å². The van der Waals surface area contributed by atoms with Crippen molar-refractivity contribution in [2.45, 2.75) is 25.5 Å². The fourth-order valence-corrected chi connectivity index (χ4v) is 2.16. The first-order chi connectivity index (χ1) is 7.09. The highest BCUT2D eigenvalue weighted by atomic mass is 32.1. The van der Waals surface area contributed by atoms with Gasteiger partial charge in [-0.2, -0.15) is 12.6 Å². The highest BCUT2D eigenvalue weighted by Crippen LogP contribution is 2.27. The van der Waals surface area contributed by atoms with Crippen molar-refractivity contribution in [2.75, 3.05) is 11.4 Å². The number of carbonyl (C=O) groups is 1. The van der Waals surface area contributed by atoms with Crippen LogP contribution >= 0.6 is 12.6 Å². The van der Waals surface area contributed by atoms with Crippen LogP contribution in [0, 0.1) is 13.8 Å². The van der Waals surface area contributed by atoms with Gasteiger partial charge in [-0.25, -0.2) is 0 Å². The summed E-state index contributed by atoms with van der Waals surface area (Å²) in [6, 6.07) is 1.89. The first kappa shape index (κ1) is 10.5. The van der Waals surface area contributed by atoms with Gasteiger partial charge in [-0.3, -0.25) is 9.78 Å². The first-order valence-corrected chi connectivity index (χ1v) is 5.52. The molecule has 0 N–H and O–H groups in total. The maximum atomic E-state index is 11.7. The Labute approximate surface area is 94.9 Å². The largest absolute Gasteiger partial charge is 0.311 e. The van der Waals surface area contributed by atoms with Crippen LogP contribution in [-0.2, 0) is 4.79 Å². The van der Waals surface area contributed by atoms with Gasteiger partial charge in [0.15, 0.2) is 0 Å². The smallest absolute Gasteiger partial charge is 0.228 e. The van der Waals surface area contributed by atoms with Crippen LogP contribution in [0.5, 0.6) is 0 Å². The molecule has 15 heavy (non-hydrogen) atoms. The molecule has 1 aromatic rings. The number of carbonyl (C=O) groups excluding carboxylic acids is 1. The van der Waals surface area contributed by atoms with E-state index < -0.39 is 0 Å². The van der Waals surface area contributed by atoms with Gasteiger partial charge in [-0.05, 0) is 25.5 Å². The number of thiol groups is 1. The van der Waals surface area contributed by atoms with Crippen molar-refractivity contribution in [3.8, 4) is 0 Å². The summed E-state index contributed by atoms with van der Waals surface area (Å²) < 4.78 is 0. The van der Waals surface area contributed by atoms with E-state index in [1.807, 2.05) is 24.8 Å². The number of rotatable bonds is 1. The lowest BCUT2D eigenvalue weighted by molar-refractivity contribution is -0.117. The number of hydrogen-bond acceptors (Lipinski definition) is 3. The standard InChI is InChI=1S/C11H14N2OS/c1-7-8(2)12-4-3-10(7)13-6-9(15)5-11(13)14/h3-4,9,15H,5-6H2,1-2H3. The van der Waals surface area contributed by atoms with Crippen LogP contribution in [0.4, 0.5) is 5.69 Å². The van der Waals surface area contributed by atoms with Crippen LogP contribution < -0.4 is 4.90 Å². The molecule has 0 aliphatic carbocycles. The maximum Gasteiger partial charge on any atom is 0.228 e. The zero-order chi connectivity index (χ0) is 11.0. The van der Waals surface area contributed by atoms with E-state index in [9.17, 15) is 4.79 Å². The van der Waals surface area contributed by atoms with E-state index in [0.717, 1.165) is 16.9 Å². The summed E-state index contributed by atoms with van der Waals surface area (Å²) in [4.78, 5) is 17.7. The molecule has 0 aromatic carbocycles. The van der Waals surface area contributed by atoms with Gasteiger partial charge in [0, 0.05) is 35.8 Å². The van der Waals surface area contributed by atoms with Crippen LogP contribution in [0.25, 0.3) is 0 Å². The van der Waals surface area contributed by atoms with Gasteiger partial charge in [-0.1, -0.05) is 0 Å². The van der Waals surface area contributed by atoms with Crippen molar-refractivity contribution < 1.29 is 4.79 Å². The first-order valence-electron chi connectivity index (χ1n) is 5.00. The van der Waals surface area contributed by atoms with E-state index in [4.69, 9.17) is 0 Å². The molecule has 1 amide bonds. The SMILES string of the molecule is Cc1nccc(N2CC(S)CC2=O)c1C. The number of anilines is 1. The summed E-state index contributed by atoms with van der Waals surface area (Å²) >= 11 is 4.34. The third-order valence-corrected chi connectivity index (χ3v) is 3.17. The number of amides is 1. The summed E-state index contributed by atoms with van der Waals surface area (Å²) in [6.45, 7) is 4.65. The molecular formula is C11H14N2OS. The molecule has 1 atom stereocenters. The van der Waals surface area contributed by atoms with Crippen molar-refractivity contribution in [3.63, 3.8) is 0 Å². The maximum absolute atomic E-state index is 11.7. The average Bonchev–Trinajstić information content (AvgIpc) is 2.50. The molecule has 80 valence electrons. The zero-order valence-electron chi connectivity index (χ0n) is 8.90. The summed E-state index contributed by atoms with van der Waals surface area (Å²) in [5, 5.41) is 0.158. The minimum Gasteiger partial charge on any atom is -0.311 e. The molecule has 0 bridgehead atoms. The third-order valence-electron chi connectivity index (χ3n) is 2.82.